The molecule has 0 saturated heterocycles. The van der Waals surface area contributed by atoms with Crippen molar-refractivity contribution in [3.8, 4) is 0 Å². The number of rotatable bonds is 3. The van der Waals surface area contributed by atoms with Crippen LogP contribution in [0.2, 0.25) is 0 Å². The van der Waals surface area contributed by atoms with E-state index in [0.29, 0.717) is 5.41 Å². The third-order valence-electron chi connectivity index (χ3n) is 0.591. The Morgan fingerprint density at radius 1 is 1.45 bits per heavy atom. The van der Waals surface area contributed by atoms with Gasteiger partial charge in [0, 0.05) is 0 Å². The van der Waals surface area contributed by atoms with Crippen LogP contribution in [0.3, 0.4) is 0 Å². The van der Waals surface area contributed by atoms with Gasteiger partial charge in [0.15, 0.2) is 0 Å². The van der Waals surface area contributed by atoms with E-state index < -0.39 is 20.5 Å². The van der Waals surface area contributed by atoms with E-state index in [4.69, 9.17) is 34.8 Å². The monoisotopic (exact) mass is 238 g/mol. The summed E-state index contributed by atoms with van der Waals surface area (Å²) in [4.78, 5) is 0. The van der Waals surface area contributed by atoms with Crippen LogP contribution in [0.25, 0.3) is 0 Å². The van der Waals surface area contributed by atoms with Gasteiger partial charge in [0.2, 0.25) is 3.79 Å². The molecule has 0 aliphatic rings. The minimum absolute atomic E-state index is 0.522. The molecule has 0 radical (unpaired) electrons. The molecule has 0 saturated carbocycles. The van der Waals surface area contributed by atoms with E-state index >= 15 is 0 Å². The predicted molar refractivity (Wildman–Crippen MR) is 45.4 cm³/mol. The smallest absolute Gasteiger partial charge is 0.262 e. The molecule has 66 valence electrons. The number of hydrogen-bond acceptors (Lipinski definition) is 3. The lowest BCUT2D eigenvalue weighted by Crippen LogP contribution is -2.15. The van der Waals surface area contributed by atoms with Gasteiger partial charge in [-0.15, -0.1) is 0 Å². The largest absolute Gasteiger partial charge is 0.289 e. The summed E-state index contributed by atoms with van der Waals surface area (Å²) in [5.41, 5.74) is 0. The fourth-order valence-electron chi connectivity index (χ4n) is 0.197. The Morgan fingerprint density at radius 2 is 1.91 bits per heavy atom. The summed E-state index contributed by atoms with van der Waals surface area (Å²) in [6.45, 7) is 2.47. The van der Waals surface area contributed by atoms with Crippen LogP contribution in [0.1, 0.15) is 0 Å². The Labute approximate surface area is 80.0 Å². The molecule has 0 atom stereocenters. The van der Waals surface area contributed by atoms with Gasteiger partial charge in [-0.05, 0) is 0 Å². The highest BCUT2D eigenvalue weighted by Crippen LogP contribution is 2.26. The molecule has 0 N–H and O–H groups in total. The molecule has 11 heavy (non-hydrogen) atoms. The molecule has 0 aromatic carbocycles. The van der Waals surface area contributed by atoms with Crippen LogP contribution in [0.15, 0.2) is 12.0 Å². The van der Waals surface area contributed by atoms with Crippen molar-refractivity contribution in [2.45, 2.75) is 3.79 Å². The molecule has 0 fully saturated rings. The SMILES string of the molecule is C=CS(=O)(=O)OCC(Cl)(Cl)Cl. The van der Waals surface area contributed by atoms with Gasteiger partial charge in [-0.3, -0.25) is 4.18 Å². The summed E-state index contributed by atoms with van der Waals surface area (Å²) in [5, 5.41) is 0.628. The van der Waals surface area contributed by atoms with Crippen molar-refractivity contribution < 1.29 is 12.6 Å². The minimum atomic E-state index is -3.74. The maximum absolute atomic E-state index is 10.5. The molecule has 0 aromatic rings. The van der Waals surface area contributed by atoms with Gasteiger partial charge in [0.05, 0.1) is 5.41 Å². The van der Waals surface area contributed by atoms with Gasteiger partial charge in [-0.25, -0.2) is 0 Å². The molecule has 0 aliphatic heterocycles. The van der Waals surface area contributed by atoms with E-state index in [1.165, 1.54) is 0 Å². The lowest BCUT2D eigenvalue weighted by molar-refractivity contribution is 0.332. The highest BCUT2D eigenvalue weighted by Gasteiger charge is 2.22. The highest BCUT2D eigenvalue weighted by atomic mass is 35.6. The van der Waals surface area contributed by atoms with Crippen molar-refractivity contribution in [1.82, 2.24) is 0 Å². The van der Waals surface area contributed by atoms with Gasteiger partial charge < -0.3 is 0 Å². The molecule has 0 aliphatic carbocycles. The lowest BCUT2D eigenvalue weighted by Gasteiger charge is -2.08. The van der Waals surface area contributed by atoms with Gasteiger partial charge in [-0.1, -0.05) is 41.4 Å². The van der Waals surface area contributed by atoms with E-state index in [1.54, 1.807) is 0 Å². The first-order valence-electron chi connectivity index (χ1n) is 2.35. The van der Waals surface area contributed by atoms with Crippen molar-refractivity contribution in [1.29, 1.82) is 0 Å². The summed E-state index contributed by atoms with van der Waals surface area (Å²) in [7, 11) is -3.74. The van der Waals surface area contributed by atoms with Crippen LogP contribution in [0.5, 0.6) is 0 Å². The number of hydrogen-bond donors (Lipinski definition) is 0. The zero-order chi connectivity index (χ0) is 9.12. The molecule has 0 heterocycles. The van der Waals surface area contributed by atoms with Crippen LogP contribution in [-0.2, 0) is 14.3 Å². The molecule has 0 aromatic heterocycles. The van der Waals surface area contributed by atoms with E-state index in [-0.39, 0.29) is 0 Å². The van der Waals surface area contributed by atoms with Gasteiger partial charge in [-0.2, -0.15) is 8.42 Å². The second-order valence-electron chi connectivity index (χ2n) is 1.54. The van der Waals surface area contributed by atoms with E-state index in [1.807, 2.05) is 0 Å². The Morgan fingerprint density at radius 3 is 2.18 bits per heavy atom. The molecule has 3 nitrogen and oxygen atoms in total. The zero-order valence-electron chi connectivity index (χ0n) is 5.26. The minimum Gasteiger partial charge on any atom is -0.262 e. The van der Waals surface area contributed by atoms with Crippen molar-refractivity contribution in [2.75, 3.05) is 6.61 Å². The third-order valence-corrected chi connectivity index (χ3v) is 1.77. The molecular weight excluding hydrogens is 234 g/mol. The standard InChI is InChI=1S/C4H5Cl3O3S/c1-2-11(8,9)10-3-4(5,6)7/h2H,1,3H2. The van der Waals surface area contributed by atoms with Crippen molar-refractivity contribution in [2.24, 2.45) is 0 Å². The van der Waals surface area contributed by atoms with Crippen LogP contribution in [0.4, 0.5) is 0 Å². The highest BCUT2D eigenvalue weighted by molar-refractivity contribution is 7.89. The van der Waals surface area contributed by atoms with Crippen LogP contribution < -0.4 is 0 Å². The molecule has 0 unspecified atom stereocenters. The van der Waals surface area contributed by atoms with Crippen molar-refractivity contribution in [3.05, 3.63) is 12.0 Å². The molecule has 0 amide bonds. The second-order valence-corrected chi connectivity index (χ2v) is 5.61. The Kier molecular flexibility index (Phi) is 4.15. The molecule has 0 rings (SSSR count). The second kappa shape index (κ2) is 3.96. The molecular formula is C4H5Cl3O3S. The first-order chi connectivity index (χ1) is 4.77. The Bertz CT molecular complexity index is 227. The summed E-state index contributed by atoms with van der Waals surface area (Å²) >= 11 is 15.6. The van der Waals surface area contributed by atoms with Crippen LogP contribution >= 0.6 is 34.8 Å². The molecule has 0 spiro atoms. The average molecular weight is 240 g/mol. The summed E-state index contributed by atoms with van der Waals surface area (Å²) in [6, 6.07) is 0. The normalized spacial score (nSPS) is 13.0. The summed E-state index contributed by atoms with van der Waals surface area (Å²) < 4.78 is 23.5. The van der Waals surface area contributed by atoms with E-state index in [9.17, 15) is 8.42 Å². The number of alkyl halides is 3. The zero-order valence-corrected chi connectivity index (χ0v) is 8.34. The van der Waals surface area contributed by atoms with Crippen LogP contribution in [-0.4, -0.2) is 18.8 Å². The topological polar surface area (TPSA) is 43.4 Å². The third kappa shape index (κ3) is 6.90. The average Bonchev–Trinajstić information content (AvgIpc) is 1.83. The van der Waals surface area contributed by atoms with Gasteiger partial charge >= 0.3 is 0 Å². The number of halogens is 3. The first kappa shape index (κ1) is 11.5. The van der Waals surface area contributed by atoms with Gasteiger partial charge in [0.1, 0.15) is 6.61 Å². The quantitative estimate of drug-likeness (QED) is 0.558. The van der Waals surface area contributed by atoms with Gasteiger partial charge in [0.25, 0.3) is 10.1 Å². The fraction of sp³-hybridized carbons (Fsp3) is 0.500. The fourth-order valence-corrected chi connectivity index (χ4v) is 0.992. The van der Waals surface area contributed by atoms with E-state index in [0.717, 1.165) is 0 Å². The maximum Gasteiger partial charge on any atom is 0.289 e. The molecule has 0 bridgehead atoms. The Hall–Kier alpha value is 0.520. The maximum atomic E-state index is 10.5. The van der Waals surface area contributed by atoms with E-state index in [2.05, 4.69) is 10.8 Å². The van der Waals surface area contributed by atoms with Crippen molar-refractivity contribution in [3.63, 3.8) is 0 Å². The summed E-state index contributed by atoms with van der Waals surface area (Å²) in [5.74, 6) is 0. The molecule has 7 heteroatoms. The first-order valence-corrected chi connectivity index (χ1v) is 4.96. The summed E-state index contributed by atoms with van der Waals surface area (Å²) in [6.07, 6.45) is 0. The van der Waals surface area contributed by atoms with Crippen molar-refractivity contribution >= 4 is 44.9 Å². The Balaban J connectivity index is 4.01. The lowest BCUT2D eigenvalue weighted by atomic mass is 10.9. The van der Waals surface area contributed by atoms with Crippen LogP contribution in [0, 0.1) is 0 Å². The predicted octanol–water partition coefficient (Wildman–Crippen LogP) is 1.85.